The molecule has 2 heteroatoms. The fraction of sp³-hybridized carbons (Fsp3) is 0.0909. The van der Waals surface area contributed by atoms with Crippen molar-refractivity contribution in [2.75, 3.05) is 0 Å². The van der Waals surface area contributed by atoms with Crippen LogP contribution in [-0.4, -0.2) is 11.9 Å². The Morgan fingerprint density at radius 1 is 1.31 bits per heavy atom. The zero-order valence-corrected chi connectivity index (χ0v) is 7.64. The summed E-state index contributed by atoms with van der Waals surface area (Å²) in [6.45, 7) is 5.44. The topological polar surface area (TPSA) is 24.7 Å². The van der Waals surface area contributed by atoms with Crippen molar-refractivity contribution in [3.8, 4) is 0 Å². The first-order chi connectivity index (χ1) is 6.34. The minimum absolute atomic E-state index is 0.902. The molecule has 0 radical (unpaired) electrons. The molecule has 0 aromatic heterocycles. The van der Waals surface area contributed by atoms with Crippen LogP contribution in [0.25, 0.3) is 0 Å². The van der Waals surface area contributed by atoms with Crippen LogP contribution in [0.3, 0.4) is 0 Å². The SMILES string of the molecule is C=C/C=N/N=C(\C)c1ccccc1. The van der Waals surface area contributed by atoms with Crippen LogP contribution in [0.4, 0.5) is 0 Å². The molecule has 1 rings (SSSR count). The summed E-state index contributed by atoms with van der Waals surface area (Å²) in [5.74, 6) is 0. The first-order valence-corrected chi connectivity index (χ1v) is 4.08. The fourth-order valence-electron chi connectivity index (χ4n) is 0.904. The van der Waals surface area contributed by atoms with Gasteiger partial charge in [0, 0.05) is 6.21 Å². The Balaban J connectivity index is 2.79. The second-order valence-corrected chi connectivity index (χ2v) is 2.55. The highest BCUT2D eigenvalue weighted by atomic mass is 15.2. The molecule has 66 valence electrons. The van der Waals surface area contributed by atoms with E-state index in [1.165, 1.54) is 0 Å². The van der Waals surface area contributed by atoms with Crippen molar-refractivity contribution in [2.24, 2.45) is 10.2 Å². The lowest BCUT2D eigenvalue weighted by molar-refractivity contribution is 1.24. The molecule has 1 aromatic carbocycles. The molecule has 0 atom stereocenters. The second-order valence-electron chi connectivity index (χ2n) is 2.55. The highest BCUT2D eigenvalue weighted by molar-refractivity contribution is 5.98. The van der Waals surface area contributed by atoms with E-state index in [9.17, 15) is 0 Å². The summed E-state index contributed by atoms with van der Waals surface area (Å²) in [4.78, 5) is 0. The lowest BCUT2D eigenvalue weighted by atomic mass is 10.1. The van der Waals surface area contributed by atoms with Gasteiger partial charge in [-0.2, -0.15) is 10.2 Å². The molecule has 0 bridgehead atoms. The maximum absolute atomic E-state index is 4.00. The van der Waals surface area contributed by atoms with Gasteiger partial charge in [0.1, 0.15) is 0 Å². The molecule has 2 nitrogen and oxygen atoms in total. The first-order valence-electron chi connectivity index (χ1n) is 4.08. The lowest BCUT2D eigenvalue weighted by Gasteiger charge is -1.95. The van der Waals surface area contributed by atoms with Crippen molar-refractivity contribution in [1.29, 1.82) is 0 Å². The van der Waals surface area contributed by atoms with Gasteiger partial charge in [-0.1, -0.05) is 36.9 Å². The van der Waals surface area contributed by atoms with Crippen LogP contribution in [-0.2, 0) is 0 Å². The highest BCUT2D eigenvalue weighted by Gasteiger charge is 1.92. The smallest absolute Gasteiger partial charge is 0.0671 e. The van der Waals surface area contributed by atoms with Crippen molar-refractivity contribution in [3.63, 3.8) is 0 Å². The van der Waals surface area contributed by atoms with E-state index >= 15 is 0 Å². The van der Waals surface area contributed by atoms with Gasteiger partial charge in [0.15, 0.2) is 0 Å². The van der Waals surface area contributed by atoms with Gasteiger partial charge < -0.3 is 0 Å². The molecule has 0 aliphatic carbocycles. The number of hydrogen-bond acceptors (Lipinski definition) is 2. The normalized spacial score (nSPS) is 11.9. The predicted molar refractivity (Wildman–Crippen MR) is 57.3 cm³/mol. The Kier molecular flexibility index (Phi) is 3.64. The van der Waals surface area contributed by atoms with Crippen molar-refractivity contribution >= 4 is 11.9 Å². The van der Waals surface area contributed by atoms with Gasteiger partial charge >= 0.3 is 0 Å². The molecule has 1 aromatic rings. The van der Waals surface area contributed by atoms with Crippen LogP contribution in [0.2, 0.25) is 0 Å². The molecular weight excluding hydrogens is 160 g/mol. The Labute approximate surface area is 78.3 Å². The van der Waals surface area contributed by atoms with Gasteiger partial charge in [-0.25, -0.2) is 0 Å². The van der Waals surface area contributed by atoms with E-state index in [2.05, 4.69) is 16.8 Å². The number of hydrogen-bond donors (Lipinski definition) is 0. The van der Waals surface area contributed by atoms with E-state index < -0.39 is 0 Å². The lowest BCUT2D eigenvalue weighted by Crippen LogP contribution is -1.92. The molecular formula is C11H12N2. The highest BCUT2D eigenvalue weighted by Crippen LogP contribution is 2.00. The molecule has 13 heavy (non-hydrogen) atoms. The third-order valence-corrected chi connectivity index (χ3v) is 1.57. The van der Waals surface area contributed by atoms with Crippen LogP contribution in [0, 0.1) is 0 Å². The van der Waals surface area contributed by atoms with E-state index in [-0.39, 0.29) is 0 Å². The van der Waals surface area contributed by atoms with Gasteiger partial charge in [0.2, 0.25) is 0 Å². The zero-order chi connectivity index (χ0) is 9.52. The molecule has 0 saturated carbocycles. The average Bonchev–Trinajstić information content (AvgIpc) is 2.19. The number of allylic oxidation sites excluding steroid dienone is 1. The maximum atomic E-state index is 4.00. The number of rotatable bonds is 3. The first kappa shape index (κ1) is 9.39. The Morgan fingerprint density at radius 2 is 2.00 bits per heavy atom. The van der Waals surface area contributed by atoms with Crippen molar-refractivity contribution in [3.05, 3.63) is 48.6 Å². The van der Waals surface area contributed by atoms with Crippen LogP contribution in [0.1, 0.15) is 12.5 Å². The summed E-state index contributed by atoms with van der Waals surface area (Å²) in [6, 6.07) is 9.94. The molecule has 0 aliphatic heterocycles. The van der Waals surface area contributed by atoms with E-state index in [0.29, 0.717) is 0 Å². The molecule has 0 spiro atoms. The molecule has 0 saturated heterocycles. The third-order valence-electron chi connectivity index (χ3n) is 1.57. The molecule has 0 unspecified atom stereocenters. The summed E-state index contributed by atoms with van der Waals surface area (Å²) in [5, 5.41) is 7.81. The molecule has 0 N–H and O–H groups in total. The monoisotopic (exact) mass is 172 g/mol. The summed E-state index contributed by atoms with van der Waals surface area (Å²) < 4.78 is 0. The van der Waals surface area contributed by atoms with E-state index in [4.69, 9.17) is 0 Å². The zero-order valence-electron chi connectivity index (χ0n) is 7.64. The summed E-state index contributed by atoms with van der Waals surface area (Å²) in [5.41, 5.74) is 1.99. The largest absolute Gasteiger partial charge is 0.159 e. The van der Waals surface area contributed by atoms with Crippen molar-refractivity contribution in [2.45, 2.75) is 6.92 Å². The second kappa shape index (κ2) is 5.04. The quantitative estimate of drug-likeness (QED) is 0.494. The van der Waals surface area contributed by atoms with Gasteiger partial charge in [-0.05, 0) is 18.6 Å². The Bertz CT molecular complexity index is 323. The average molecular weight is 172 g/mol. The summed E-state index contributed by atoms with van der Waals surface area (Å²) >= 11 is 0. The Morgan fingerprint density at radius 3 is 2.62 bits per heavy atom. The predicted octanol–water partition coefficient (Wildman–Crippen LogP) is 2.67. The third kappa shape index (κ3) is 3.03. The Hall–Kier alpha value is -1.70. The van der Waals surface area contributed by atoms with Gasteiger partial charge in [-0.15, -0.1) is 0 Å². The summed E-state index contributed by atoms with van der Waals surface area (Å²) in [6.07, 6.45) is 3.16. The summed E-state index contributed by atoms with van der Waals surface area (Å²) in [7, 11) is 0. The van der Waals surface area contributed by atoms with Crippen molar-refractivity contribution < 1.29 is 0 Å². The van der Waals surface area contributed by atoms with Gasteiger partial charge in [0.05, 0.1) is 5.71 Å². The van der Waals surface area contributed by atoms with Gasteiger partial charge in [0.25, 0.3) is 0 Å². The number of nitrogens with zero attached hydrogens (tertiary/aromatic N) is 2. The van der Waals surface area contributed by atoms with E-state index in [1.54, 1.807) is 12.3 Å². The van der Waals surface area contributed by atoms with Crippen LogP contribution < -0.4 is 0 Å². The minimum atomic E-state index is 0.902. The van der Waals surface area contributed by atoms with Crippen LogP contribution >= 0.6 is 0 Å². The molecule has 0 amide bonds. The standard InChI is InChI=1S/C11H12N2/c1-3-9-12-13-10(2)11-7-5-4-6-8-11/h3-9H,1H2,2H3/b12-9+,13-10+. The van der Waals surface area contributed by atoms with E-state index in [1.807, 2.05) is 37.3 Å². The van der Waals surface area contributed by atoms with Gasteiger partial charge in [-0.3, -0.25) is 0 Å². The molecule has 0 heterocycles. The van der Waals surface area contributed by atoms with Crippen molar-refractivity contribution in [1.82, 2.24) is 0 Å². The fourth-order valence-corrected chi connectivity index (χ4v) is 0.904. The van der Waals surface area contributed by atoms with Crippen LogP contribution in [0.5, 0.6) is 0 Å². The molecule has 0 aliphatic rings. The number of benzene rings is 1. The minimum Gasteiger partial charge on any atom is -0.159 e. The molecule has 0 fully saturated rings. The maximum Gasteiger partial charge on any atom is 0.0671 e. The van der Waals surface area contributed by atoms with Crippen LogP contribution in [0.15, 0.2) is 53.2 Å². The van der Waals surface area contributed by atoms with E-state index in [0.717, 1.165) is 11.3 Å².